The number of amides is 2. The van der Waals surface area contributed by atoms with Crippen molar-refractivity contribution in [2.75, 3.05) is 31.6 Å². The number of anilines is 1. The third-order valence-corrected chi connectivity index (χ3v) is 5.46. The first-order valence-corrected chi connectivity index (χ1v) is 12.0. The summed E-state index contributed by atoms with van der Waals surface area (Å²) < 4.78 is 11.1. The van der Waals surface area contributed by atoms with Crippen LogP contribution in [0.5, 0.6) is 5.75 Å². The van der Waals surface area contributed by atoms with Gasteiger partial charge >= 0.3 is 12.0 Å². The highest BCUT2D eigenvalue weighted by Gasteiger charge is 2.18. The van der Waals surface area contributed by atoms with Crippen LogP contribution in [0.3, 0.4) is 0 Å². The molecule has 34 heavy (non-hydrogen) atoms. The van der Waals surface area contributed by atoms with Crippen LogP contribution >= 0.6 is 11.6 Å². The molecule has 1 atom stereocenters. The van der Waals surface area contributed by atoms with Gasteiger partial charge in [0, 0.05) is 30.3 Å². The maximum Gasteiger partial charge on any atom is 0.333 e. The number of hydrogen-bond acceptors (Lipinski definition) is 4. The van der Waals surface area contributed by atoms with Crippen LogP contribution in [0.15, 0.2) is 48.5 Å². The van der Waals surface area contributed by atoms with Crippen LogP contribution in [-0.2, 0) is 16.0 Å². The molecule has 0 aliphatic carbocycles. The predicted molar refractivity (Wildman–Crippen MR) is 135 cm³/mol. The first-order valence-electron chi connectivity index (χ1n) is 11.7. The van der Waals surface area contributed by atoms with Crippen molar-refractivity contribution >= 4 is 29.3 Å². The lowest BCUT2D eigenvalue weighted by Crippen LogP contribution is -2.38. The quantitative estimate of drug-likeness (QED) is 0.353. The van der Waals surface area contributed by atoms with Gasteiger partial charge in [-0.2, -0.15) is 0 Å². The van der Waals surface area contributed by atoms with Gasteiger partial charge in [-0.1, -0.05) is 37.6 Å². The van der Waals surface area contributed by atoms with Crippen LogP contribution < -0.4 is 10.1 Å². The number of carbonyl (C=O) groups is 2. The molecule has 0 bridgehead atoms. The molecule has 186 valence electrons. The highest BCUT2D eigenvalue weighted by atomic mass is 35.5. The monoisotopic (exact) mass is 490 g/mol. The molecule has 0 radical (unpaired) electrons. The summed E-state index contributed by atoms with van der Waals surface area (Å²) in [6, 6.07) is 14.1. The van der Waals surface area contributed by atoms with Gasteiger partial charge in [0.25, 0.3) is 0 Å². The average Bonchev–Trinajstić information content (AvgIpc) is 2.80. The Morgan fingerprint density at radius 1 is 1.06 bits per heavy atom. The Kier molecular flexibility index (Phi) is 11.7. The number of carbonyl (C=O) groups excluding carboxylic acids is 1. The Bertz CT molecular complexity index is 887. The number of carboxylic acids is 1. The van der Waals surface area contributed by atoms with E-state index in [1.807, 2.05) is 12.1 Å². The molecule has 0 fully saturated rings. The van der Waals surface area contributed by atoms with Crippen molar-refractivity contribution in [3.63, 3.8) is 0 Å². The van der Waals surface area contributed by atoms with Gasteiger partial charge in [-0.25, -0.2) is 9.59 Å². The van der Waals surface area contributed by atoms with E-state index in [4.69, 9.17) is 21.1 Å². The first-order chi connectivity index (χ1) is 16.3. The number of ether oxygens (including phenoxy) is 2. The van der Waals surface area contributed by atoms with Crippen LogP contribution in [0.4, 0.5) is 10.5 Å². The number of benzene rings is 2. The van der Waals surface area contributed by atoms with Gasteiger partial charge in [-0.15, -0.1) is 0 Å². The van der Waals surface area contributed by atoms with E-state index >= 15 is 0 Å². The van der Waals surface area contributed by atoms with E-state index in [2.05, 4.69) is 19.2 Å². The molecule has 2 N–H and O–H groups in total. The number of nitrogens with one attached hydrogen (secondary N) is 1. The lowest BCUT2D eigenvalue weighted by Gasteiger charge is -2.24. The predicted octanol–water partition coefficient (Wildman–Crippen LogP) is 5.72. The summed E-state index contributed by atoms with van der Waals surface area (Å²) >= 11 is 5.93. The second kappa shape index (κ2) is 14.5. The first kappa shape index (κ1) is 27.5. The highest BCUT2D eigenvalue weighted by molar-refractivity contribution is 6.30. The summed E-state index contributed by atoms with van der Waals surface area (Å²) in [6.45, 7) is 7.85. The van der Waals surface area contributed by atoms with Crippen molar-refractivity contribution in [2.24, 2.45) is 5.92 Å². The fraction of sp³-hybridized carbons (Fsp3) is 0.462. The molecular formula is C26H35ClN2O5. The molecule has 8 heteroatoms. The average molecular weight is 491 g/mol. The maximum absolute atomic E-state index is 12.8. The Hall–Kier alpha value is -2.77. The SMILES string of the molecule is CCOC(Cc1ccc(OCCN(CCCC(C)C)C(=O)Nc2ccc(Cl)cc2)cc1)C(=O)O. The van der Waals surface area contributed by atoms with Crippen molar-refractivity contribution in [2.45, 2.75) is 46.1 Å². The van der Waals surface area contributed by atoms with E-state index in [0.717, 1.165) is 18.4 Å². The van der Waals surface area contributed by atoms with Gasteiger partial charge in [-0.05, 0) is 67.6 Å². The standard InChI is InChI=1S/C26H35ClN2O5/c1-4-33-24(25(30)31)18-20-7-13-23(14-8-20)34-17-16-29(15-5-6-19(2)3)26(32)28-22-11-9-21(27)10-12-22/h7-14,19,24H,4-6,15-18H2,1-3H3,(H,28,32)(H,30,31). The second-order valence-corrected chi connectivity index (χ2v) is 8.88. The molecule has 0 aliphatic heterocycles. The van der Waals surface area contributed by atoms with E-state index in [1.165, 1.54) is 0 Å². The minimum atomic E-state index is -0.975. The Balaban J connectivity index is 1.90. The van der Waals surface area contributed by atoms with Crippen molar-refractivity contribution in [3.05, 3.63) is 59.1 Å². The maximum atomic E-state index is 12.8. The third kappa shape index (κ3) is 10.0. The molecule has 2 aromatic rings. The fourth-order valence-electron chi connectivity index (χ4n) is 3.37. The Morgan fingerprint density at radius 2 is 1.74 bits per heavy atom. The number of aliphatic carboxylic acids is 1. The Labute approximate surface area is 207 Å². The summed E-state index contributed by atoms with van der Waals surface area (Å²) in [7, 11) is 0. The molecule has 7 nitrogen and oxygen atoms in total. The molecule has 2 amide bonds. The molecule has 0 heterocycles. The lowest BCUT2D eigenvalue weighted by molar-refractivity contribution is -0.149. The number of carboxylic acid groups (broad SMARTS) is 1. The third-order valence-electron chi connectivity index (χ3n) is 5.21. The molecular weight excluding hydrogens is 456 g/mol. The van der Waals surface area contributed by atoms with Crippen molar-refractivity contribution < 1.29 is 24.2 Å². The van der Waals surface area contributed by atoms with Gasteiger partial charge in [0.1, 0.15) is 12.4 Å². The zero-order valence-corrected chi connectivity index (χ0v) is 20.9. The topological polar surface area (TPSA) is 88.1 Å². The summed E-state index contributed by atoms with van der Waals surface area (Å²) in [5, 5.41) is 12.8. The summed E-state index contributed by atoms with van der Waals surface area (Å²) in [4.78, 5) is 25.9. The Morgan fingerprint density at radius 3 is 2.32 bits per heavy atom. The highest BCUT2D eigenvalue weighted by Crippen LogP contribution is 2.16. The van der Waals surface area contributed by atoms with Gasteiger partial charge < -0.3 is 24.8 Å². The zero-order valence-electron chi connectivity index (χ0n) is 20.1. The second-order valence-electron chi connectivity index (χ2n) is 8.44. The van der Waals surface area contributed by atoms with E-state index in [-0.39, 0.29) is 12.5 Å². The number of halogens is 1. The van der Waals surface area contributed by atoms with Gasteiger partial charge in [-0.3, -0.25) is 0 Å². The van der Waals surface area contributed by atoms with Crippen molar-refractivity contribution in [3.8, 4) is 5.75 Å². The molecule has 2 aromatic carbocycles. The summed E-state index contributed by atoms with van der Waals surface area (Å²) in [6.07, 6.45) is 1.37. The number of nitrogens with zero attached hydrogens (tertiary/aromatic N) is 1. The molecule has 2 rings (SSSR count). The van der Waals surface area contributed by atoms with Crippen molar-refractivity contribution in [1.29, 1.82) is 0 Å². The molecule has 0 aromatic heterocycles. The van der Waals surface area contributed by atoms with Crippen molar-refractivity contribution in [1.82, 2.24) is 4.90 Å². The molecule has 1 unspecified atom stereocenters. The van der Waals surface area contributed by atoms with E-state index in [9.17, 15) is 14.7 Å². The van der Waals surface area contributed by atoms with Crippen LogP contribution in [-0.4, -0.2) is 54.4 Å². The van der Waals surface area contributed by atoms with Crippen LogP contribution in [0.1, 0.15) is 39.2 Å². The van der Waals surface area contributed by atoms with Crippen LogP contribution in [0.25, 0.3) is 0 Å². The molecule has 0 saturated carbocycles. The largest absolute Gasteiger partial charge is 0.492 e. The van der Waals surface area contributed by atoms with E-state index < -0.39 is 12.1 Å². The summed E-state index contributed by atoms with van der Waals surface area (Å²) in [5.74, 6) is 0.253. The number of rotatable bonds is 14. The zero-order chi connectivity index (χ0) is 24.9. The van der Waals surface area contributed by atoms with Gasteiger partial charge in [0.15, 0.2) is 6.10 Å². The van der Waals surface area contributed by atoms with Gasteiger partial charge in [0.05, 0.1) is 6.54 Å². The molecule has 0 saturated heterocycles. The normalized spacial score (nSPS) is 11.8. The lowest BCUT2D eigenvalue weighted by atomic mass is 10.1. The van der Waals surface area contributed by atoms with Gasteiger partial charge in [0.2, 0.25) is 0 Å². The van der Waals surface area contributed by atoms with E-state index in [1.54, 1.807) is 48.2 Å². The molecule has 0 aliphatic rings. The number of hydrogen-bond donors (Lipinski definition) is 2. The van der Waals surface area contributed by atoms with E-state index in [0.29, 0.717) is 48.7 Å². The smallest absolute Gasteiger partial charge is 0.333 e. The minimum Gasteiger partial charge on any atom is -0.492 e. The van der Waals surface area contributed by atoms with Crippen LogP contribution in [0, 0.1) is 5.92 Å². The summed E-state index contributed by atoms with van der Waals surface area (Å²) in [5.41, 5.74) is 1.54. The number of urea groups is 1. The minimum absolute atomic E-state index is 0.180. The van der Waals surface area contributed by atoms with Crippen LogP contribution in [0.2, 0.25) is 5.02 Å². The molecule has 0 spiro atoms. The fourth-order valence-corrected chi connectivity index (χ4v) is 3.50.